The molecule has 0 bridgehead atoms. The van der Waals surface area contributed by atoms with Crippen LogP contribution in [0.3, 0.4) is 0 Å². The Morgan fingerprint density at radius 1 is 1.27 bits per heavy atom. The summed E-state index contributed by atoms with van der Waals surface area (Å²) in [6.45, 7) is 7.40. The second-order valence-electron chi connectivity index (χ2n) is 9.93. The zero-order valence-corrected chi connectivity index (χ0v) is 20.9. The Labute approximate surface area is 198 Å². The van der Waals surface area contributed by atoms with Crippen molar-refractivity contribution >= 4 is 12.1 Å². The Hall–Kier alpha value is -2.12. The van der Waals surface area contributed by atoms with Crippen molar-refractivity contribution in [3.05, 3.63) is 29.8 Å². The van der Waals surface area contributed by atoms with Gasteiger partial charge in [0.1, 0.15) is 5.75 Å². The first-order chi connectivity index (χ1) is 15.6. The lowest BCUT2D eigenvalue weighted by molar-refractivity contribution is -0.135. The van der Waals surface area contributed by atoms with Crippen LogP contribution in [0.25, 0.3) is 0 Å². The number of rotatable bonds is 11. The van der Waals surface area contributed by atoms with Crippen LogP contribution in [0.5, 0.6) is 5.75 Å². The standard InChI is InChI=1S/C26H42N2O5/c1-6-32-25(30)27-17-20(14-19(2)3)15-24(29)33-23-12-9-11-21(16-23)26(31)13-8-7-10-22(26)18-28(4)5/h9,11-12,16,19-20,22,31H,6-8,10,13-15,17-18H2,1-5H3,(H,27,30)/t20-,22-,26+/m0/s1. The molecule has 186 valence electrons. The first-order valence-corrected chi connectivity index (χ1v) is 12.2. The number of aliphatic hydroxyl groups is 1. The predicted molar refractivity (Wildman–Crippen MR) is 129 cm³/mol. The van der Waals surface area contributed by atoms with Gasteiger partial charge < -0.3 is 24.8 Å². The zero-order chi connectivity index (χ0) is 24.4. The summed E-state index contributed by atoms with van der Waals surface area (Å²) >= 11 is 0. The number of ether oxygens (including phenoxy) is 2. The molecule has 33 heavy (non-hydrogen) atoms. The SMILES string of the molecule is CCOC(=O)NC[C@H](CC(=O)Oc1cccc([C@]2(O)CCCC[C@H]2CN(C)C)c1)CC(C)C. The Morgan fingerprint density at radius 3 is 2.70 bits per heavy atom. The molecule has 0 unspecified atom stereocenters. The lowest BCUT2D eigenvalue weighted by Gasteiger charge is -2.41. The van der Waals surface area contributed by atoms with Gasteiger partial charge in [-0.05, 0) is 69.8 Å². The molecule has 1 fully saturated rings. The Morgan fingerprint density at radius 2 is 2.03 bits per heavy atom. The normalized spacial score (nSPS) is 21.6. The van der Waals surface area contributed by atoms with E-state index >= 15 is 0 Å². The van der Waals surface area contributed by atoms with Gasteiger partial charge in [-0.15, -0.1) is 0 Å². The number of nitrogens with one attached hydrogen (secondary N) is 1. The predicted octanol–water partition coefficient (Wildman–Crippen LogP) is 4.33. The van der Waals surface area contributed by atoms with Crippen molar-refractivity contribution < 1.29 is 24.2 Å². The van der Waals surface area contributed by atoms with Gasteiger partial charge in [0.25, 0.3) is 0 Å². The van der Waals surface area contributed by atoms with Crippen LogP contribution in [0, 0.1) is 17.8 Å². The molecule has 1 amide bonds. The molecule has 2 rings (SSSR count). The van der Waals surface area contributed by atoms with Crippen LogP contribution in [-0.2, 0) is 15.1 Å². The quantitative estimate of drug-likeness (QED) is 0.376. The largest absolute Gasteiger partial charge is 0.450 e. The first-order valence-electron chi connectivity index (χ1n) is 12.2. The number of hydrogen-bond acceptors (Lipinski definition) is 6. The van der Waals surface area contributed by atoms with Crippen molar-refractivity contribution in [2.75, 3.05) is 33.8 Å². The highest BCUT2D eigenvalue weighted by molar-refractivity contribution is 5.73. The third-order valence-electron chi connectivity index (χ3n) is 6.26. The summed E-state index contributed by atoms with van der Waals surface area (Å²) in [4.78, 5) is 26.5. The van der Waals surface area contributed by atoms with Gasteiger partial charge in [0.05, 0.1) is 18.6 Å². The van der Waals surface area contributed by atoms with Gasteiger partial charge in [-0.25, -0.2) is 4.79 Å². The molecule has 3 atom stereocenters. The molecular weight excluding hydrogens is 420 g/mol. The molecule has 0 radical (unpaired) electrons. The van der Waals surface area contributed by atoms with E-state index in [4.69, 9.17) is 9.47 Å². The summed E-state index contributed by atoms with van der Waals surface area (Å²) in [5, 5.41) is 14.3. The van der Waals surface area contributed by atoms with Gasteiger partial charge >= 0.3 is 12.1 Å². The van der Waals surface area contributed by atoms with Gasteiger partial charge in [-0.2, -0.15) is 0 Å². The smallest absolute Gasteiger partial charge is 0.407 e. The monoisotopic (exact) mass is 462 g/mol. The molecule has 2 N–H and O–H groups in total. The Balaban J connectivity index is 2.06. The van der Waals surface area contributed by atoms with Gasteiger partial charge in [0, 0.05) is 19.0 Å². The van der Waals surface area contributed by atoms with Crippen LogP contribution < -0.4 is 10.1 Å². The average Bonchev–Trinajstić information content (AvgIpc) is 2.73. The highest BCUT2D eigenvalue weighted by atomic mass is 16.5. The Bertz CT molecular complexity index is 767. The molecule has 0 aromatic heterocycles. The third kappa shape index (κ3) is 8.63. The second-order valence-corrected chi connectivity index (χ2v) is 9.93. The van der Waals surface area contributed by atoms with Crippen molar-refractivity contribution in [1.82, 2.24) is 10.2 Å². The molecule has 1 saturated carbocycles. The maximum atomic E-state index is 12.7. The molecule has 1 aromatic rings. The highest BCUT2D eigenvalue weighted by Crippen LogP contribution is 2.42. The van der Waals surface area contributed by atoms with E-state index in [2.05, 4.69) is 24.1 Å². The van der Waals surface area contributed by atoms with E-state index in [9.17, 15) is 14.7 Å². The number of alkyl carbamates (subject to hydrolysis) is 1. The van der Waals surface area contributed by atoms with E-state index in [0.717, 1.165) is 37.8 Å². The van der Waals surface area contributed by atoms with Gasteiger partial charge in [0.15, 0.2) is 0 Å². The van der Waals surface area contributed by atoms with E-state index in [0.29, 0.717) is 31.2 Å². The van der Waals surface area contributed by atoms with E-state index in [-0.39, 0.29) is 24.2 Å². The van der Waals surface area contributed by atoms with Gasteiger partial charge in [-0.3, -0.25) is 4.79 Å². The van der Waals surface area contributed by atoms with Crippen LogP contribution >= 0.6 is 0 Å². The number of benzene rings is 1. The fraction of sp³-hybridized carbons (Fsp3) is 0.692. The van der Waals surface area contributed by atoms with E-state index < -0.39 is 11.7 Å². The zero-order valence-electron chi connectivity index (χ0n) is 20.9. The number of esters is 1. The lowest BCUT2D eigenvalue weighted by Crippen LogP contribution is -2.43. The number of amides is 1. The number of hydrogen-bond donors (Lipinski definition) is 2. The summed E-state index contributed by atoms with van der Waals surface area (Å²) in [6, 6.07) is 7.32. The summed E-state index contributed by atoms with van der Waals surface area (Å²) < 4.78 is 10.6. The van der Waals surface area contributed by atoms with Crippen molar-refractivity contribution in [1.29, 1.82) is 0 Å². The molecule has 0 spiro atoms. The molecule has 7 nitrogen and oxygen atoms in total. The minimum atomic E-state index is -0.922. The fourth-order valence-electron chi connectivity index (χ4n) is 4.84. The average molecular weight is 463 g/mol. The van der Waals surface area contributed by atoms with Crippen LogP contribution in [0.15, 0.2) is 24.3 Å². The molecule has 0 saturated heterocycles. The minimum absolute atomic E-state index is 0.0444. The molecule has 1 aliphatic rings. The van der Waals surface area contributed by atoms with E-state index in [1.165, 1.54) is 0 Å². The number of nitrogens with zero attached hydrogens (tertiary/aromatic N) is 1. The number of carbonyl (C=O) groups excluding carboxylic acids is 2. The maximum absolute atomic E-state index is 12.7. The van der Waals surface area contributed by atoms with Gasteiger partial charge in [0.2, 0.25) is 0 Å². The summed E-state index contributed by atoms with van der Waals surface area (Å²) in [7, 11) is 4.05. The van der Waals surface area contributed by atoms with Crippen LogP contribution in [0.4, 0.5) is 4.79 Å². The summed E-state index contributed by atoms with van der Waals surface area (Å²) in [5.74, 6) is 0.573. The van der Waals surface area contributed by atoms with Crippen LogP contribution in [-0.4, -0.2) is 55.9 Å². The molecule has 7 heteroatoms. The van der Waals surface area contributed by atoms with Crippen molar-refractivity contribution in [2.24, 2.45) is 17.8 Å². The van der Waals surface area contributed by atoms with E-state index in [1.807, 2.05) is 26.2 Å². The summed E-state index contributed by atoms with van der Waals surface area (Å²) in [6.07, 6.45) is 4.29. The molecular formula is C26H42N2O5. The summed E-state index contributed by atoms with van der Waals surface area (Å²) in [5.41, 5.74) is -0.114. The number of carbonyl (C=O) groups is 2. The minimum Gasteiger partial charge on any atom is -0.450 e. The second kappa shape index (κ2) is 12.9. The molecule has 1 aliphatic carbocycles. The first kappa shape index (κ1) is 27.1. The molecule has 0 heterocycles. The fourth-order valence-corrected chi connectivity index (χ4v) is 4.84. The van der Waals surface area contributed by atoms with E-state index in [1.54, 1.807) is 19.1 Å². The topological polar surface area (TPSA) is 88.1 Å². The highest BCUT2D eigenvalue weighted by Gasteiger charge is 2.40. The van der Waals surface area contributed by atoms with Crippen molar-refractivity contribution in [3.8, 4) is 5.75 Å². The van der Waals surface area contributed by atoms with Crippen LogP contribution in [0.2, 0.25) is 0 Å². The third-order valence-corrected chi connectivity index (χ3v) is 6.26. The van der Waals surface area contributed by atoms with Crippen molar-refractivity contribution in [2.45, 2.75) is 64.9 Å². The Kier molecular flexibility index (Phi) is 10.6. The molecule has 0 aliphatic heterocycles. The maximum Gasteiger partial charge on any atom is 0.407 e. The van der Waals surface area contributed by atoms with Crippen molar-refractivity contribution in [3.63, 3.8) is 0 Å². The van der Waals surface area contributed by atoms with Crippen LogP contribution in [0.1, 0.15) is 64.9 Å². The van der Waals surface area contributed by atoms with Gasteiger partial charge in [-0.1, -0.05) is 38.8 Å². The lowest BCUT2D eigenvalue weighted by atomic mass is 9.71. The molecule has 1 aromatic carbocycles.